The van der Waals surface area contributed by atoms with E-state index in [1.807, 2.05) is 24.3 Å². The zero-order valence-electron chi connectivity index (χ0n) is 10.6. The minimum atomic E-state index is -0.283. The molecule has 0 radical (unpaired) electrons. The second-order valence-electron chi connectivity index (χ2n) is 4.72. The Morgan fingerprint density at radius 2 is 1.95 bits per heavy atom. The molecule has 0 aliphatic carbocycles. The van der Waals surface area contributed by atoms with Gasteiger partial charge in [-0.2, -0.15) is 0 Å². The molecule has 0 saturated heterocycles. The van der Waals surface area contributed by atoms with E-state index < -0.39 is 0 Å². The maximum atomic E-state index is 13.1. The fourth-order valence-electron chi connectivity index (χ4n) is 2.15. The van der Waals surface area contributed by atoms with Gasteiger partial charge in [-0.3, -0.25) is 0 Å². The summed E-state index contributed by atoms with van der Waals surface area (Å²) in [5, 5.41) is 0. The largest absolute Gasteiger partial charge is 0.341 e. The Hall–Kier alpha value is -1.72. The molecule has 3 aromatic rings. The van der Waals surface area contributed by atoms with Crippen molar-refractivity contribution in [2.45, 2.75) is 12.5 Å². The van der Waals surface area contributed by atoms with E-state index >= 15 is 0 Å². The maximum Gasteiger partial charge on any atom is 0.125 e. The Morgan fingerprint density at radius 1 is 1.20 bits per heavy atom. The van der Waals surface area contributed by atoms with Gasteiger partial charge in [-0.05, 0) is 42.3 Å². The molecule has 0 aliphatic heterocycles. The second-order valence-corrected chi connectivity index (χ2v) is 5.64. The molecule has 0 unspecified atom stereocenters. The Balaban J connectivity index is 1.84. The molecule has 0 amide bonds. The second kappa shape index (κ2) is 5.34. The standard InChI is InChI=1S/C15H13BrFN3/c16-10-3-1-9(2-4-10)7-12(18)15-19-13-6-5-11(17)8-14(13)20-15/h1-6,8,12H,7,18H2,(H,19,20)/t12-/m1/s1. The van der Waals surface area contributed by atoms with Gasteiger partial charge < -0.3 is 10.7 Å². The van der Waals surface area contributed by atoms with Crippen LogP contribution in [0.4, 0.5) is 4.39 Å². The van der Waals surface area contributed by atoms with Gasteiger partial charge in [0.15, 0.2) is 0 Å². The fraction of sp³-hybridized carbons (Fsp3) is 0.133. The summed E-state index contributed by atoms with van der Waals surface area (Å²) in [5.41, 5.74) is 8.70. The van der Waals surface area contributed by atoms with Crippen molar-refractivity contribution in [3.05, 3.63) is 64.1 Å². The molecule has 3 rings (SSSR count). The average Bonchev–Trinajstić information content (AvgIpc) is 2.84. The van der Waals surface area contributed by atoms with Gasteiger partial charge in [-0.1, -0.05) is 28.1 Å². The molecule has 1 aromatic heterocycles. The number of hydrogen-bond acceptors (Lipinski definition) is 2. The monoisotopic (exact) mass is 333 g/mol. The van der Waals surface area contributed by atoms with Crippen molar-refractivity contribution in [1.29, 1.82) is 0 Å². The molecule has 5 heteroatoms. The molecule has 1 atom stereocenters. The molecule has 3 N–H and O–H groups in total. The summed E-state index contributed by atoms with van der Waals surface area (Å²) >= 11 is 3.40. The van der Waals surface area contributed by atoms with Crippen LogP contribution in [-0.4, -0.2) is 9.97 Å². The number of aromatic amines is 1. The van der Waals surface area contributed by atoms with Crippen molar-refractivity contribution in [2.24, 2.45) is 5.73 Å². The number of nitrogens with one attached hydrogen (secondary N) is 1. The fourth-order valence-corrected chi connectivity index (χ4v) is 2.41. The third-order valence-electron chi connectivity index (χ3n) is 3.18. The van der Waals surface area contributed by atoms with Crippen molar-refractivity contribution in [3.63, 3.8) is 0 Å². The van der Waals surface area contributed by atoms with Crippen LogP contribution >= 0.6 is 15.9 Å². The number of aromatic nitrogens is 2. The van der Waals surface area contributed by atoms with Crippen LogP contribution in [0.5, 0.6) is 0 Å². The molecule has 1 heterocycles. The number of hydrogen-bond donors (Lipinski definition) is 2. The summed E-state index contributed by atoms with van der Waals surface area (Å²) in [6.07, 6.45) is 0.676. The van der Waals surface area contributed by atoms with Gasteiger partial charge >= 0.3 is 0 Å². The first-order valence-corrected chi connectivity index (χ1v) is 7.06. The van der Waals surface area contributed by atoms with E-state index in [9.17, 15) is 4.39 Å². The predicted molar refractivity (Wildman–Crippen MR) is 80.8 cm³/mol. The molecule has 2 aromatic carbocycles. The highest BCUT2D eigenvalue weighted by Crippen LogP contribution is 2.19. The summed E-state index contributed by atoms with van der Waals surface area (Å²) < 4.78 is 14.2. The van der Waals surface area contributed by atoms with E-state index in [-0.39, 0.29) is 11.9 Å². The van der Waals surface area contributed by atoms with Gasteiger partial charge in [0.2, 0.25) is 0 Å². The Kier molecular flexibility index (Phi) is 3.54. The molecular weight excluding hydrogens is 321 g/mol. The lowest BCUT2D eigenvalue weighted by Crippen LogP contribution is -2.14. The molecule has 102 valence electrons. The minimum Gasteiger partial charge on any atom is -0.341 e. The van der Waals surface area contributed by atoms with Crippen LogP contribution in [0.3, 0.4) is 0 Å². The number of benzene rings is 2. The van der Waals surface area contributed by atoms with Gasteiger partial charge in [-0.15, -0.1) is 0 Å². The van der Waals surface area contributed by atoms with Gasteiger partial charge in [0, 0.05) is 4.47 Å². The third-order valence-corrected chi connectivity index (χ3v) is 3.71. The first-order chi connectivity index (χ1) is 9.61. The molecule has 3 nitrogen and oxygen atoms in total. The molecule has 20 heavy (non-hydrogen) atoms. The number of halogens is 2. The van der Waals surface area contributed by atoms with Crippen LogP contribution in [0.15, 0.2) is 46.9 Å². The van der Waals surface area contributed by atoms with Gasteiger partial charge in [-0.25, -0.2) is 9.37 Å². The Morgan fingerprint density at radius 3 is 2.70 bits per heavy atom. The average molecular weight is 334 g/mol. The van der Waals surface area contributed by atoms with Crippen LogP contribution in [-0.2, 0) is 6.42 Å². The van der Waals surface area contributed by atoms with Crippen LogP contribution in [0.25, 0.3) is 11.0 Å². The van der Waals surface area contributed by atoms with Crippen molar-refractivity contribution in [2.75, 3.05) is 0 Å². The number of imidazole rings is 1. The molecule has 0 saturated carbocycles. The first-order valence-electron chi connectivity index (χ1n) is 6.27. The third kappa shape index (κ3) is 2.73. The van der Waals surface area contributed by atoms with Gasteiger partial charge in [0.25, 0.3) is 0 Å². The lowest BCUT2D eigenvalue weighted by molar-refractivity contribution is 0.629. The van der Waals surface area contributed by atoms with E-state index in [1.165, 1.54) is 12.1 Å². The lowest BCUT2D eigenvalue weighted by Gasteiger charge is -2.08. The van der Waals surface area contributed by atoms with E-state index in [0.717, 1.165) is 15.6 Å². The first kappa shape index (κ1) is 13.3. The summed E-state index contributed by atoms with van der Waals surface area (Å²) in [4.78, 5) is 7.49. The highest BCUT2D eigenvalue weighted by molar-refractivity contribution is 9.10. The number of fused-ring (bicyclic) bond motifs is 1. The van der Waals surface area contributed by atoms with Crippen LogP contribution in [0, 0.1) is 5.82 Å². The number of rotatable bonds is 3. The topological polar surface area (TPSA) is 54.7 Å². The predicted octanol–water partition coefficient (Wildman–Crippen LogP) is 3.71. The summed E-state index contributed by atoms with van der Waals surface area (Å²) in [6, 6.07) is 12.2. The smallest absolute Gasteiger partial charge is 0.125 e. The van der Waals surface area contributed by atoms with Crippen molar-refractivity contribution >= 4 is 27.0 Å². The molecule has 0 aliphatic rings. The van der Waals surface area contributed by atoms with Gasteiger partial charge in [0.05, 0.1) is 17.1 Å². The normalized spacial score (nSPS) is 12.8. The van der Waals surface area contributed by atoms with Crippen LogP contribution in [0.2, 0.25) is 0 Å². The van der Waals surface area contributed by atoms with E-state index in [0.29, 0.717) is 17.8 Å². The summed E-state index contributed by atoms with van der Waals surface area (Å²) in [6.45, 7) is 0. The number of H-pyrrole nitrogens is 1. The van der Waals surface area contributed by atoms with Crippen LogP contribution in [0.1, 0.15) is 17.4 Å². The quantitative estimate of drug-likeness (QED) is 0.767. The lowest BCUT2D eigenvalue weighted by atomic mass is 10.1. The number of nitrogens with zero attached hydrogens (tertiary/aromatic N) is 1. The Bertz CT molecular complexity index is 736. The zero-order chi connectivity index (χ0) is 14.1. The Labute approximate surface area is 124 Å². The molecule has 0 fully saturated rings. The minimum absolute atomic E-state index is 0.244. The molecule has 0 spiro atoms. The van der Waals surface area contributed by atoms with Gasteiger partial charge in [0.1, 0.15) is 11.6 Å². The van der Waals surface area contributed by atoms with Crippen molar-refractivity contribution < 1.29 is 4.39 Å². The summed E-state index contributed by atoms with van der Waals surface area (Å²) in [7, 11) is 0. The highest BCUT2D eigenvalue weighted by Gasteiger charge is 2.12. The number of nitrogens with two attached hydrogens (primary N) is 1. The van der Waals surface area contributed by atoms with Crippen LogP contribution < -0.4 is 5.73 Å². The van der Waals surface area contributed by atoms with Crippen molar-refractivity contribution in [1.82, 2.24) is 9.97 Å². The highest BCUT2D eigenvalue weighted by atomic mass is 79.9. The molecule has 0 bridgehead atoms. The zero-order valence-corrected chi connectivity index (χ0v) is 12.2. The summed E-state index contributed by atoms with van der Waals surface area (Å²) in [5.74, 6) is 0.391. The van der Waals surface area contributed by atoms with E-state index in [2.05, 4.69) is 25.9 Å². The van der Waals surface area contributed by atoms with E-state index in [1.54, 1.807) is 6.07 Å². The molecular formula is C15H13BrFN3. The van der Waals surface area contributed by atoms with Crippen molar-refractivity contribution in [3.8, 4) is 0 Å². The SMILES string of the molecule is N[C@H](Cc1ccc(Br)cc1)c1nc2ccc(F)cc2[nH]1. The van der Waals surface area contributed by atoms with E-state index in [4.69, 9.17) is 5.73 Å². The maximum absolute atomic E-state index is 13.1.